The molecule has 35 heavy (non-hydrogen) atoms. The molecule has 2 heterocycles. The van der Waals surface area contributed by atoms with Gasteiger partial charge in [0.05, 0.1) is 35.1 Å². The van der Waals surface area contributed by atoms with Crippen LogP contribution in [0.15, 0.2) is 24.4 Å². The molecule has 13 heteroatoms. The number of aromatic nitrogens is 3. The van der Waals surface area contributed by atoms with Gasteiger partial charge in [0, 0.05) is 19.8 Å². The number of alkyl halides is 3. The fourth-order valence-electron chi connectivity index (χ4n) is 3.79. The van der Waals surface area contributed by atoms with E-state index >= 15 is 0 Å². The quantitative estimate of drug-likeness (QED) is 0.530. The number of rotatable bonds is 9. The second-order valence-corrected chi connectivity index (χ2v) is 9.04. The minimum atomic E-state index is -4.87. The first-order valence-electron chi connectivity index (χ1n) is 11.2. The van der Waals surface area contributed by atoms with Gasteiger partial charge in [-0.3, -0.25) is 10.1 Å². The third-order valence-corrected chi connectivity index (χ3v) is 6.20. The summed E-state index contributed by atoms with van der Waals surface area (Å²) in [7, 11) is 0. The monoisotopic (exact) mass is 512 g/mol. The number of hydrogen-bond acceptors (Lipinski definition) is 7. The van der Waals surface area contributed by atoms with E-state index in [1.54, 1.807) is 11.0 Å². The van der Waals surface area contributed by atoms with Crippen LogP contribution in [0.25, 0.3) is 0 Å². The molecule has 4 rings (SSSR count). The van der Waals surface area contributed by atoms with Crippen molar-refractivity contribution in [1.29, 1.82) is 5.26 Å². The van der Waals surface area contributed by atoms with Crippen LogP contribution in [0.4, 0.5) is 13.2 Å². The maximum absolute atomic E-state index is 13.0. The van der Waals surface area contributed by atoms with E-state index in [0.717, 1.165) is 18.9 Å². The van der Waals surface area contributed by atoms with Gasteiger partial charge in [-0.25, -0.2) is 0 Å². The van der Waals surface area contributed by atoms with Gasteiger partial charge in [-0.2, -0.15) is 20.3 Å². The Morgan fingerprint density at radius 2 is 2.11 bits per heavy atom. The molecule has 2 aromatic rings. The number of hydrogen-bond donors (Lipinski definition) is 2. The summed E-state index contributed by atoms with van der Waals surface area (Å²) >= 11 is 5.97. The molecule has 0 radical (unpaired) electrons. The normalized spacial score (nSPS) is 18.5. The zero-order chi connectivity index (χ0) is 25.1. The highest BCUT2D eigenvalue weighted by Gasteiger charge is 2.45. The molecule has 0 bridgehead atoms. The van der Waals surface area contributed by atoms with Crippen LogP contribution in [0.1, 0.15) is 43.0 Å². The molecule has 0 unspecified atom stereocenters. The van der Waals surface area contributed by atoms with Gasteiger partial charge in [0.25, 0.3) is 0 Å². The molecule has 2 N–H and O–H groups in total. The number of carbonyl (C=O) groups excluding carboxylic acids is 1. The van der Waals surface area contributed by atoms with E-state index in [4.69, 9.17) is 16.3 Å². The van der Waals surface area contributed by atoms with Gasteiger partial charge in [-0.1, -0.05) is 17.7 Å². The lowest BCUT2D eigenvalue weighted by Gasteiger charge is -2.21. The Balaban J connectivity index is 1.44. The third-order valence-electron chi connectivity index (χ3n) is 5.91. The molecule has 1 saturated carbocycles. The summed E-state index contributed by atoms with van der Waals surface area (Å²) in [5.41, 5.74) is 0.276. The lowest BCUT2D eigenvalue weighted by Crippen LogP contribution is -2.49. The third kappa shape index (κ3) is 6.84. The van der Waals surface area contributed by atoms with E-state index in [1.165, 1.54) is 12.1 Å². The van der Waals surface area contributed by atoms with Crippen molar-refractivity contribution in [3.05, 3.63) is 40.7 Å². The van der Waals surface area contributed by atoms with E-state index in [-0.39, 0.29) is 24.0 Å². The zero-order valence-electron chi connectivity index (χ0n) is 18.6. The van der Waals surface area contributed by atoms with Gasteiger partial charge < -0.3 is 14.8 Å². The molecule has 1 aliphatic carbocycles. The van der Waals surface area contributed by atoms with Crippen molar-refractivity contribution in [2.24, 2.45) is 0 Å². The number of nitrogens with zero attached hydrogens (tertiary/aromatic N) is 4. The molecule has 2 fully saturated rings. The number of benzene rings is 1. The average Bonchev–Trinajstić information content (AvgIpc) is 3.43. The van der Waals surface area contributed by atoms with Gasteiger partial charge in [0.15, 0.2) is 0 Å². The molecular weight excluding hydrogens is 489 g/mol. The van der Waals surface area contributed by atoms with Gasteiger partial charge in [0.1, 0.15) is 11.3 Å². The van der Waals surface area contributed by atoms with Crippen LogP contribution < -0.4 is 15.4 Å². The fraction of sp³-hybridized carbons (Fsp3) is 0.545. The molecular formula is C22H24ClF3N6O3. The highest BCUT2D eigenvalue weighted by Crippen LogP contribution is 2.35. The van der Waals surface area contributed by atoms with Crippen molar-refractivity contribution in [3.63, 3.8) is 0 Å². The van der Waals surface area contributed by atoms with Crippen molar-refractivity contribution < 1.29 is 27.4 Å². The fourth-order valence-corrected chi connectivity index (χ4v) is 4.04. The summed E-state index contributed by atoms with van der Waals surface area (Å²) in [6.07, 6.45) is -0.363. The summed E-state index contributed by atoms with van der Waals surface area (Å²) in [6.45, 7) is 1.53. The van der Waals surface area contributed by atoms with Gasteiger partial charge >= 0.3 is 6.36 Å². The largest absolute Gasteiger partial charge is 0.573 e. The predicted molar refractivity (Wildman–Crippen MR) is 117 cm³/mol. The average molecular weight is 513 g/mol. The van der Waals surface area contributed by atoms with Crippen molar-refractivity contribution in [2.45, 2.75) is 62.6 Å². The lowest BCUT2D eigenvalue weighted by molar-refractivity contribution is -0.274. The predicted octanol–water partition coefficient (Wildman–Crippen LogP) is 3.05. The standard InChI is InChI=1S/C22H24ClF3N6O3/c23-17-9-14(1-2-19(17)35-22(24,25)26)10-18(20(33)30-21(13-27)5-6-21)28-11-15-12-29-32(31-15)16-3-7-34-8-4-16/h1-2,9,12,16,18,28H,3-8,10-11H2,(H,30,33)/t18-/m0/s1. The molecule has 9 nitrogen and oxygen atoms in total. The molecule has 1 aromatic carbocycles. The first-order valence-corrected chi connectivity index (χ1v) is 11.5. The summed E-state index contributed by atoms with van der Waals surface area (Å²) in [5.74, 6) is -0.921. The van der Waals surface area contributed by atoms with E-state index in [9.17, 15) is 23.2 Å². The van der Waals surface area contributed by atoms with E-state index in [0.29, 0.717) is 37.3 Å². The smallest absolute Gasteiger partial charge is 0.404 e. The van der Waals surface area contributed by atoms with Crippen LogP contribution in [-0.2, 0) is 22.5 Å². The number of nitriles is 1. The zero-order valence-corrected chi connectivity index (χ0v) is 19.4. The SMILES string of the molecule is N#CC1(NC(=O)[C@H](Cc2ccc(OC(F)(F)F)c(Cl)c2)NCc2cnn(C3CCOCC3)n2)CC1. The van der Waals surface area contributed by atoms with Gasteiger partial charge in [-0.05, 0) is 49.8 Å². The first kappa shape index (κ1) is 25.2. The number of halogens is 4. The van der Waals surface area contributed by atoms with Crippen molar-refractivity contribution >= 4 is 17.5 Å². The van der Waals surface area contributed by atoms with E-state index < -0.39 is 29.6 Å². The number of amides is 1. The molecule has 188 valence electrons. The van der Waals surface area contributed by atoms with Crippen molar-refractivity contribution in [3.8, 4) is 11.8 Å². The van der Waals surface area contributed by atoms with Crippen molar-refractivity contribution in [1.82, 2.24) is 25.6 Å². The Morgan fingerprint density at radius 1 is 1.37 bits per heavy atom. The Bertz CT molecular complexity index is 1090. The van der Waals surface area contributed by atoms with Gasteiger partial charge in [-0.15, -0.1) is 13.2 Å². The Kier molecular flexibility index (Phi) is 7.49. The summed E-state index contributed by atoms with van der Waals surface area (Å²) in [6, 6.07) is 5.32. The summed E-state index contributed by atoms with van der Waals surface area (Å²) in [5, 5.41) is 23.8. The Hall–Kier alpha value is -2.88. The molecule has 2 aliphatic rings. The molecule has 1 atom stereocenters. The second-order valence-electron chi connectivity index (χ2n) is 8.63. The van der Waals surface area contributed by atoms with Crippen molar-refractivity contribution in [2.75, 3.05) is 13.2 Å². The Labute approximate surface area is 204 Å². The minimum Gasteiger partial charge on any atom is -0.404 e. The van der Waals surface area contributed by atoms with E-state index in [2.05, 4.69) is 31.6 Å². The highest BCUT2D eigenvalue weighted by atomic mass is 35.5. The lowest BCUT2D eigenvalue weighted by atomic mass is 10.0. The van der Waals surface area contributed by atoms with E-state index in [1.807, 2.05) is 0 Å². The molecule has 0 spiro atoms. The number of carbonyl (C=O) groups is 1. The first-order chi connectivity index (χ1) is 16.7. The van der Waals surface area contributed by atoms with Crippen LogP contribution in [-0.4, -0.2) is 52.1 Å². The van der Waals surface area contributed by atoms with Crippen LogP contribution in [0, 0.1) is 11.3 Å². The molecule has 1 saturated heterocycles. The van der Waals surface area contributed by atoms with Crippen LogP contribution in [0.5, 0.6) is 5.75 Å². The Morgan fingerprint density at radius 3 is 2.74 bits per heavy atom. The van der Waals surface area contributed by atoms with Gasteiger partial charge in [0.2, 0.25) is 5.91 Å². The maximum Gasteiger partial charge on any atom is 0.573 e. The summed E-state index contributed by atoms with van der Waals surface area (Å²) in [4.78, 5) is 14.6. The second kappa shape index (κ2) is 10.4. The van der Waals surface area contributed by atoms with Crippen LogP contribution in [0.2, 0.25) is 5.02 Å². The minimum absolute atomic E-state index is 0.119. The highest BCUT2D eigenvalue weighted by molar-refractivity contribution is 6.32. The number of ether oxygens (including phenoxy) is 2. The maximum atomic E-state index is 13.0. The molecule has 1 aliphatic heterocycles. The van der Waals surface area contributed by atoms with Crippen LogP contribution in [0.3, 0.4) is 0 Å². The topological polar surface area (TPSA) is 114 Å². The van der Waals surface area contributed by atoms with Crippen LogP contribution >= 0.6 is 11.6 Å². The summed E-state index contributed by atoms with van der Waals surface area (Å²) < 4.78 is 46.8. The number of nitrogens with one attached hydrogen (secondary N) is 2. The molecule has 1 amide bonds. The molecule has 1 aromatic heterocycles.